The van der Waals surface area contributed by atoms with E-state index in [0.29, 0.717) is 24.6 Å². The molecule has 1 amide bonds. The topological polar surface area (TPSA) is 92.7 Å². The molecule has 0 bridgehead atoms. The third-order valence-corrected chi connectivity index (χ3v) is 6.93. The summed E-state index contributed by atoms with van der Waals surface area (Å²) in [6, 6.07) is -0.276. The van der Waals surface area contributed by atoms with Crippen molar-refractivity contribution in [1.29, 1.82) is 0 Å². The molecule has 142 valence electrons. The van der Waals surface area contributed by atoms with E-state index in [9.17, 15) is 13.2 Å². The van der Waals surface area contributed by atoms with Gasteiger partial charge in [0.25, 0.3) is 0 Å². The van der Waals surface area contributed by atoms with Gasteiger partial charge in [-0.05, 0) is 38.5 Å². The first-order valence-electron chi connectivity index (χ1n) is 9.17. The van der Waals surface area contributed by atoms with Crippen molar-refractivity contribution in [3.8, 4) is 0 Å². The predicted molar refractivity (Wildman–Crippen MR) is 95.2 cm³/mol. The van der Waals surface area contributed by atoms with Crippen LogP contribution in [0.5, 0.6) is 0 Å². The summed E-state index contributed by atoms with van der Waals surface area (Å²) in [4.78, 5) is 22.7. The van der Waals surface area contributed by atoms with Crippen molar-refractivity contribution in [2.24, 2.45) is 0 Å². The standard InChI is InChI=1S/C17H24N4O4S/c1-26(23,24)21-9-5-6-14(21)13-10-19-15(11-18-13)20-12-17(25-16(20)22)7-3-2-4-8-17/h10-11,14H,2-9,12H2,1H3/t14-/m1/s1. The van der Waals surface area contributed by atoms with Gasteiger partial charge in [0.2, 0.25) is 10.0 Å². The van der Waals surface area contributed by atoms with Crippen LogP contribution in [0.25, 0.3) is 0 Å². The number of carbonyl (C=O) groups is 1. The summed E-state index contributed by atoms with van der Waals surface area (Å²) in [5.41, 5.74) is 0.241. The molecular weight excluding hydrogens is 356 g/mol. The van der Waals surface area contributed by atoms with Crippen LogP contribution in [-0.4, -0.2) is 53.7 Å². The normalized spacial score (nSPS) is 26.4. The van der Waals surface area contributed by atoms with E-state index in [-0.39, 0.29) is 17.7 Å². The maximum Gasteiger partial charge on any atom is 0.416 e. The minimum Gasteiger partial charge on any atom is -0.441 e. The number of nitrogens with zero attached hydrogens (tertiary/aromatic N) is 4. The summed E-state index contributed by atoms with van der Waals surface area (Å²) in [7, 11) is -3.27. The molecule has 8 nitrogen and oxygen atoms in total. The molecule has 0 aromatic carbocycles. The molecule has 0 N–H and O–H groups in total. The molecule has 0 unspecified atom stereocenters. The third-order valence-electron chi connectivity index (χ3n) is 5.64. The second kappa shape index (κ2) is 6.45. The van der Waals surface area contributed by atoms with Gasteiger partial charge in [-0.25, -0.2) is 18.2 Å². The van der Waals surface area contributed by atoms with E-state index in [4.69, 9.17) is 4.74 Å². The van der Waals surface area contributed by atoms with E-state index in [2.05, 4.69) is 9.97 Å². The largest absolute Gasteiger partial charge is 0.441 e. The molecule has 1 aromatic rings. The van der Waals surface area contributed by atoms with Crippen LogP contribution in [0.15, 0.2) is 12.4 Å². The molecule has 9 heteroatoms. The number of carbonyl (C=O) groups excluding carboxylic acids is 1. The summed E-state index contributed by atoms with van der Waals surface area (Å²) >= 11 is 0. The van der Waals surface area contributed by atoms with Gasteiger partial charge in [0.05, 0.1) is 36.9 Å². The van der Waals surface area contributed by atoms with Crippen LogP contribution in [0.3, 0.4) is 0 Å². The van der Waals surface area contributed by atoms with Crippen molar-refractivity contribution in [2.45, 2.75) is 56.6 Å². The first-order chi connectivity index (χ1) is 12.4. The number of sulfonamides is 1. The number of aromatic nitrogens is 2. The summed E-state index contributed by atoms with van der Waals surface area (Å²) in [5.74, 6) is 0.463. The van der Waals surface area contributed by atoms with Crippen molar-refractivity contribution in [3.63, 3.8) is 0 Å². The fraction of sp³-hybridized carbons (Fsp3) is 0.706. The van der Waals surface area contributed by atoms with Crippen LogP contribution in [0.4, 0.5) is 10.6 Å². The number of hydrogen-bond acceptors (Lipinski definition) is 6. The highest BCUT2D eigenvalue weighted by atomic mass is 32.2. The molecule has 1 aromatic heterocycles. The Morgan fingerprint density at radius 2 is 1.92 bits per heavy atom. The Kier molecular flexibility index (Phi) is 4.38. The average molecular weight is 380 g/mol. The molecule has 1 atom stereocenters. The lowest BCUT2D eigenvalue weighted by Crippen LogP contribution is -2.36. The van der Waals surface area contributed by atoms with Gasteiger partial charge in [0, 0.05) is 6.54 Å². The molecule has 2 aliphatic heterocycles. The first-order valence-corrected chi connectivity index (χ1v) is 11.0. The number of rotatable bonds is 3. The van der Waals surface area contributed by atoms with E-state index in [1.165, 1.54) is 17.0 Å². The Hall–Kier alpha value is -1.74. The van der Waals surface area contributed by atoms with Crippen LogP contribution in [0.2, 0.25) is 0 Å². The molecular formula is C17H24N4O4S. The van der Waals surface area contributed by atoms with Crippen LogP contribution in [0, 0.1) is 0 Å². The van der Waals surface area contributed by atoms with Crippen LogP contribution >= 0.6 is 0 Å². The Morgan fingerprint density at radius 1 is 1.15 bits per heavy atom. The van der Waals surface area contributed by atoms with E-state index in [0.717, 1.165) is 38.5 Å². The van der Waals surface area contributed by atoms with Gasteiger partial charge >= 0.3 is 6.09 Å². The highest BCUT2D eigenvalue weighted by Crippen LogP contribution is 2.38. The Labute approximate surface area is 153 Å². The summed E-state index contributed by atoms with van der Waals surface area (Å²) in [5, 5.41) is 0. The number of anilines is 1. The van der Waals surface area contributed by atoms with Gasteiger partial charge in [0.1, 0.15) is 5.60 Å². The van der Waals surface area contributed by atoms with Crippen LogP contribution < -0.4 is 4.90 Å². The Balaban J connectivity index is 1.52. The van der Waals surface area contributed by atoms with Crippen molar-refractivity contribution in [2.75, 3.05) is 24.2 Å². The van der Waals surface area contributed by atoms with Gasteiger partial charge in [-0.3, -0.25) is 9.88 Å². The molecule has 3 heterocycles. The monoisotopic (exact) mass is 380 g/mol. The van der Waals surface area contributed by atoms with E-state index in [1.54, 1.807) is 17.3 Å². The summed E-state index contributed by atoms with van der Waals surface area (Å²) in [6.45, 7) is 1.02. The first kappa shape index (κ1) is 17.7. The average Bonchev–Trinajstić information content (AvgIpc) is 3.21. The quantitative estimate of drug-likeness (QED) is 0.798. The highest BCUT2D eigenvalue weighted by molar-refractivity contribution is 7.88. The molecule has 3 fully saturated rings. The molecule has 3 aliphatic rings. The van der Waals surface area contributed by atoms with Crippen molar-refractivity contribution in [1.82, 2.24) is 14.3 Å². The Morgan fingerprint density at radius 3 is 2.58 bits per heavy atom. The molecule has 26 heavy (non-hydrogen) atoms. The maximum atomic E-state index is 12.3. The van der Waals surface area contributed by atoms with Crippen molar-refractivity contribution in [3.05, 3.63) is 18.1 Å². The fourth-order valence-corrected chi connectivity index (χ4v) is 5.47. The number of hydrogen-bond donors (Lipinski definition) is 0. The van der Waals surface area contributed by atoms with Crippen molar-refractivity contribution >= 4 is 21.9 Å². The van der Waals surface area contributed by atoms with Gasteiger partial charge in [-0.1, -0.05) is 6.42 Å². The Bertz CT molecular complexity index is 789. The minimum absolute atomic E-state index is 0.276. The second-order valence-corrected chi connectivity index (χ2v) is 9.46. The zero-order chi connectivity index (χ0) is 18.4. The zero-order valence-corrected chi connectivity index (χ0v) is 15.7. The van der Waals surface area contributed by atoms with Gasteiger partial charge in [0.15, 0.2) is 5.82 Å². The van der Waals surface area contributed by atoms with E-state index in [1.807, 2.05) is 0 Å². The molecule has 1 spiro atoms. The lowest BCUT2D eigenvalue weighted by molar-refractivity contribution is 0.0260. The van der Waals surface area contributed by atoms with E-state index >= 15 is 0 Å². The molecule has 0 radical (unpaired) electrons. The van der Waals surface area contributed by atoms with Gasteiger partial charge in [-0.2, -0.15) is 4.31 Å². The SMILES string of the molecule is CS(=O)(=O)N1CCC[C@@H]1c1cnc(N2CC3(CCCCC3)OC2=O)cn1. The molecule has 1 aliphatic carbocycles. The van der Waals surface area contributed by atoms with Gasteiger partial charge < -0.3 is 4.74 Å². The van der Waals surface area contributed by atoms with Crippen LogP contribution in [0.1, 0.15) is 56.7 Å². The number of ether oxygens (including phenoxy) is 1. The lowest BCUT2D eigenvalue weighted by atomic mass is 9.85. The van der Waals surface area contributed by atoms with Crippen molar-refractivity contribution < 1.29 is 17.9 Å². The fourth-order valence-electron chi connectivity index (χ4n) is 4.33. The van der Waals surface area contributed by atoms with E-state index < -0.39 is 10.0 Å². The molecule has 4 rings (SSSR count). The summed E-state index contributed by atoms with van der Waals surface area (Å²) in [6.07, 6.45) is 10.7. The minimum atomic E-state index is -3.27. The summed E-state index contributed by atoms with van der Waals surface area (Å²) < 4.78 is 31.0. The predicted octanol–water partition coefficient (Wildman–Crippen LogP) is 2.23. The lowest BCUT2D eigenvalue weighted by Gasteiger charge is -2.30. The highest BCUT2D eigenvalue weighted by Gasteiger charge is 2.46. The second-order valence-electron chi connectivity index (χ2n) is 7.53. The third kappa shape index (κ3) is 3.18. The molecule has 2 saturated heterocycles. The smallest absolute Gasteiger partial charge is 0.416 e. The van der Waals surface area contributed by atoms with Gasteiger partial charge in [-0.15, -0.1) is 0 Å². The zero-order valence-electron chi connectivity index (χ0n) is 14.9. The molecule has 1 saturated carbocycles. The van der Waals surface area contributed by atoms with Crippen LogP contribution in [-0.2, 0) is 14.8 Å². The maximum absolute atomic E-state index is 12.3. The number of amides is 1.